The third kappa shape index (κ3) is 4.53. The minimum atomic E-state index is -4.41. The largest absolute Gasteiger partial charge is 0.394 e. The Balaban J connectivity index is 1.25. The summed E-state index contributed by atoms with van der Waals surface area (Å²) >= 11 is 4.08. The summed E-state index contributed by atoms with van der Waals surface area (Å²) in [5, 5.41) is 27.6. The van der Waals surface area contributed by atoms with Crippen LogP contribution in [0.4, 0.5) is 14.7 Å². The minimum Gasteiger partial charge on any atom is -0.394 e. The van der Waals surface area contributed by atoms with Gasteiger partial charge in [-0.15, -0.1) is 5.10 Å². The maximum Gasteiger partial charge on any atom is 0.282 e. The number of aliphatic hydroxyl groups is 2. The summed E-state index contributed by atoms with van der Waals surface area (Å²) in [7, 11) is 0. The van der Waals surface area contributed by atoms with Crippen molar-refractivity contribution in [1.82, 2.24) is 44.5 Å². The van der Waals surface area contributed by atoms with Gasteiger partial charge in [0.25, 0.3) is 17.7 Å². The molecule has 2 fully saturated rings. The lowest BCUT2D eigenvalue weighted by atomic mass is 10.1. The van der Waals surface area contributed by atoms with E-state index < -0.39 is 79.7 Å². The first kappa shape index (κ1) is 27.8. The third-order valence-electron chi connectivity index (χ3n) is 6.80. The number of alkyl halides is 2. The zero-order chi connectivity index (χ0) is 29.2. The van der Waals surface area contributed by atoms with Crippen molar-refractivity contribution < 1.29 is 37.6 Å². The normalized spacial score (nSPS) is 31.7. The number of anilines is 1. The molecule has 0 radical (unpaired) electrons. The van der Waals surface area contributed by atoms with Crippen molar-refractivity contribution in [3.63, 3.8) is 0 Å². The van der Waals surface area contributed by atoms with Crippen LogP contribution in [0.3, 0.4) is 0 Å². The van der Waals surface area contributed by atoms with Gasteiger partial charge in [-0.2, -0.15) is 9.67 Å². The van der Waals surface area contributed by atoms with Crippen molar-refractivity contribution in [1.29, 1.82) is 0 Å². The average Bonchev–Trinajstić information content (AvgIpc) is 3.68. The number of halogens is 2. The van der Waals surface area contributed by atoms with Crippen LogP contribution in [0.1, 0.15) is 12.5 Å². The Bertz CT molecular complexity index is 1780. The molecule has 2 aliphatic heterocycles. The molecule has 6 N–H and O–H groups in total. The Morgan fingerprint density at radius 3 is 2.63 bits per heavy atom. The molecule has 2 unspecified atom stereocenters. The lowest BCUT2D eigenvalue weighted by Gasteiger charge is -2.26. The van der Waals surface area contributed by atoms with E-state index in [4.69, 9.17) is 19.7 Å². The predicted octanol–water partition coefficient (Wildman–Crippen LogP) is -1.44. The van der Waals surface area contributed by atoms with Gasteiger partial charge in [-0.25, -0.2) is 18.7 Å². The van der Waals surface area contributed by atoms with Crippen LogP contribution in [-0.4, -0.2) is 104 Å². The predicted molar refractivity (Wildman–Crippen MR) is 136 cm³/mol. The average molecular weight is 618 g/mol. The standard InChI is InChI=1S/C19H21F2N10O8PS/c20-7-5(1-32)38-18(31-14-10(28-29-31)16(35)27-19(22)26-14)12(7)40(36,41)37-2-6-11(33)8(21)17(39-6)30-4-25-9-13(30)23-3-24-15(9)34/h3-8,11-12,17-18,32-33H,1-2H2,(H,36,41)(H,23,24,34)(H3,22,26,27,35)/t5?,6-,7-,8+,11-,12-,17-,18-,40?/m1/s1. The zero-order valence-corrected chi connectivity index (χ0v) is 22.2. The fourth-order valence-corrected chi connectivity index (χ4v) is 7.34. The lowest BCUT2D eigenvalue weighted by molar-refractivity contribution is -0.0426. The maximum atomic E-state index is 15.5. The molecule has 0 amide bonds. The van der Waals surface area contributed by atoms with Crippen LogP contribution >= 0.6 is 18.8 Å². The number of aromatic amines is 2. The van der Waals surface area contributed by atoms with Crippen molar-refractivity contribution >= 4 is 47.1 Å². The van der Waals surface area contributed by atoms with Crippen LogP contribution < -0.4 is 16.9 Å². The van der Waals surface area contributed by atoms with Crippen molar-refractivity contribution in [2.75, 3.05) is 18.9 Å². The Hall–Kier alpha value is -3.33. The highest BCUT2D eigenvalue weighted by Gasteiger charge is 2.56. The summed E-state index contributed by atoms with van der Waals surface area (Å²) in [6, 6.07) is 0. The number of aromatic nitrogens is 9. The van der Waals surface area contributed by atoms with Gasteiger partial charge in [0.2, 0.25) is 5.95 Å². The third-order valence-corrected chi connectivity index (χ3v) is 9.75. The fourth-order valence-electron chi connectivity index (χ4n) is 4.81. The van der Waals surface area contributed by atoms with Crippen molar-refractivity contribution in [2.45, 2.75) is 48.8 Å². The van der Waals surface area contributed by atoms with E-state index >= 15 is 8.78 Å². The number of nitrogens with one attached hydrogen (secondary N) is 2. The molecule has 4 aromatic rings. The highest BCUT2D eigenvalue weighted by atomic mass is 32.7. The number of hydrogen-bond acceptors (Lipinski definition) is 14. The summed E-state index contributed by atoms with van der Waals surface area (Å²) in [6.07, 6.45) is -9.75. The van der Waals surface area contributed by atoms with Crippen LogP contribution in [0, 0.1) is 0 Å². The van der Waals surface area contributed by atoms with Gasteiger partial charge >= 0.3 is 0 Å². The van der Waals surface area contributed by atoms with Gasteiger partial charge in [0.05, 0.1) is 25.9 Å². The first-order valence-electron chi connectivity index (χ1n) is 11.9. The highest BCUT2D eigenvalue weighted by Crippen LogP contribution is 2.64. The molecule has 0 aromatic carbocycles. The molecule has 18 nitrogen and oxygen atoms in total. The molecule has 6 heterocycles. The number of nitrogens with zero attached hydrogens (tertiary/aromatic N) is 7. The van der Waals surface area contributed by atoms with Crippen molar-refractivity contribution in [2.24, 2.45) is 0 Å². The van der Waals surface area contributed by atoms with E-state index in [2.05, 4.69) is 47.5 Å². The molecule has 2 aliphatic rings. The molecule has 0 bridgehead atoms. The molecule has 220 valence electrons. The molecule has 4 aromatic heterocycles. The number of fused-ring (bicyclic) bond motifs is 2. The van der Waals surface area contributed by atoms with Gasteiger partial charge in [0, 0.05) is 0 Å². The number of ether oxygens (including phenoxy) is 2. The quantitative estimate of drug-likeness (QED) is 0.103. The maximum absolute atomic E-state index is 15.5. The Labute approximate surface area is 230 Å². The molecule has 41 heavy (non-hydrogen) atoms. The number of nitrogens with two attached hydrogens (primary N) is 1. The van der Waals surface area contributed by atoms with Gasteiger partial charge in [-0.3, -0.25) is 23.7 Å². The number of rotatable bonds is 7. The second-order valence-electron chi connectivity index (χ2n) is 9.26. The summed E-state index contributed by atoms with van der Waals surface area (Å²) in [5.41, 5.74) is 1.95. The molecule has 22 heteroatoms. The van der Waals surface area contributed by atoms with Gasteiger partial charge in [-0.1, -0.05) is 17.5 Å². The molecular formula is C19H21F2N10O8PS. The van der Waals surface area contributed by atoms with E-state index in [0.29, 0.717) is 0 Å². The second kappa shape index (κ2) is 10.2. The lowest BCUT2D eigenvalue weighted by Crippen LogP contribution is -2.33. The number of imidazole rings is 1. The Kier molecular flexibility index (Phi) is 6.91. The van der Waals surface area contributed by atoms with Crippen LogP contribution in [-0.2, 0) is 18.6 Å². The highest BCUT2D eigenvalue weighted by molar-refractivity contribution is 8.46. The van der Waals surface area contributed by atoms with Crippen molar-refractivity contribution in [3.8, 4) is 0 Å². The molecule has 9 atom stereocenters. The minimum absolute atomic E-state index is 0.00978. The second-order valence-corrected chi connectivity index (χ2v) is 12.9. The summed E-state index contributed by atoms with van der Waals surface area (Å²) in [5.74, 6) is -0.311. The topological polar surface area (TPSA) is 251 Å². The van der Waals surface area contributed by atoms with E-state index in [-0.39, 0.29) is 28.3 Å². The molecule has 2 saturated heterocycles. The van der Waals surface area contributed by atoms with Crippen LogP contribution in [0.15, 0.2) is 22.2 Å². The molecular weight excluding hydrogens is 597 g/mol. The molecule has 0 spiro atoms. The molecule has 0 saturated carbocycles. The van der Waals surface area contributed by atoms with Gasteiger partial charge in [0.1, 0.15) is 30.1 Å². The Morgan fingerprint density at radius 2 is 1.88 bits per heavy atom. The Morgan fingerprint density at radius 1 is 1.12 bits per heavy atom. The fraction of sp³-hybridized carbons (Fsp3) is 0.526. The molecule has 0 aliphatic carbocycles. The van der Waals surface area contributed by atoms with Crippen LogP contribution in [0.5, 0.6) is 0 Å². The van der Waals surface area contributed by atoms with Crippen LogP contribution in [0.25, 0.3) is 22.3 Å². The first-order valence-corrected chi connectivity index (χ1v) is 14.7. The monoisotopic (exact) mass is 618 g/mol. The zero-order valence-electron chi connectivity index (χ0n) is 20.4. The molecule has 6 rings (SSSR count). The number of aliphatic hydroxyl groups excluding tert-OH is 2. The number of hydrogen-bond donors (Lipinski definition) is 6. The number of H-pyrrole nitrogens is 2. The van der Waals surface area contributed by atoms with Crippen LogP contribution in [0.2, 0.25) is 0 Å². The van der Waals surface area contributed by atoms with Crippen molar-refractivity contribution in [3.05, 3.63) is 33.4 Å². The summed E-state index contributed by atoms with van der Waals surface area (Å²) < 4.78 is 62.8. The first-order chi connectivity index (χ1) is 19.5. The van der Waals surface area contributed by atoms with Gasteiger partial charge < -0.3 is 34.9 Å². The van der Waals surface area contributed by atoms with E-state index in [1.54, 1.807) is 0 Å². The SMILES string of the molecule is Nc1nc2c(nnn2[C@@H]2OC(CO)[C@@H](F)[C@H]2P(=O)(S)OC[C@H]2O[C@@H](n3cnc4c(=O)[nH]cnc43)[C@@H](F)[C@@H]2O)c(=O)[nH]1. The summed E-state index contributed by atoms with van der Waals surface area (Å²) in [4.78, 5) is 40.4. The van der Waals surface area contributed by atoms with E-state index in [9.17, 15) is 24.4 Å². The number of thiol groups is 1. The number of nitrogen functional groups attached to an aromatic ring is 1. The smallest absolute Gasteiger partial charge is 0.282 e. The van der Waals surface area contributed by atoms with E-state index in [0.717, 1.165) is 21.9 Å². The van der Waals surface area contributed by atoms with E-state index in [1.807, 2.05) is 0 Å². The van der Waals surface area contributed by atoms with Gasteiger partial charge in [0.15, 0.2) is 41.0 Å². The van der Waals surface area contributed by atoms with E-state index in [1.165, 1.54) is 0 Å². The van der Waals surface area contributed by atoms with Gasteiger partial charge in [-0.05, 0) is 0 Å². The summed E-state index contributed by atoms with van der Waals surface area (Å²) in [6.45, 7) is -5.95.